The molecule has 1 aromatic rings. The third-order valence-electron chi connectivity index (χ3n) is 2.42. The van der Waals surface area contributed by atoms with E-state index in [4.69, 9.17) is 5.11 Å². The van der Waals surface area contributed by atoms with Crippen LogP contribution in [-0.4, -0.2) is 22.2 Å². The molecule has 0 spiro atoms. The average Bonchev–Trinajstić information content (AvgIpc) is 2.16. The normalized spacial score (nSPS) is 12.6. The van der Waals surface area contributed by atoms with Gasteiger partial charge in [0, 0.05) is 12.4 Å². The lowest BCUT2D eigenvalue weighted by Gasteiger charge is -2.27. The molecule has 1 heterocycles. The molecule has 1 N–H and O–H groups in total. The maximum absolute atomic E-state index is 12.7. The molecule has 1 aromatic heterocycles. The van der Waals surface area contributed by atoms with Gasteiger partial charge in [-0.1, -0.05) is 0 Å². The number of carbonyl (C=O) groups is 1. The third-order valence-corrected chi connectivity index (χ3v) is 2.42. The molecule has 3 nitrogen and oxygen atoms in total. The molecule has 0 radical (unpaired) electrons. The highest BCUT2D eigenvalue weighted by molar-refractivity contribution is 5.87. The minimum absolute atomic E-state index is 0.167. The van der Waals surface area contributed by atoms with Gasteiger partial charge in [0.05, 0.1) is 11.0 Å². The van der Waals surface area contributed by atoms with E-state index in [0.717, 1.165) is 32.3 Å². The van der Waals surface area contributed by atoms with E-state index in [1.807, 2.05) is 0 Å². The van der Waals surface area contributed by atoms with Crippen LogP contribution in [0.1, 0.15) is 29.8 Å². The van der Waals surface area contributed by atoms with Crippen LogP contribution < -0.4 is 0 Å². The molecule has 16 heavy (non-hydrogen) atoms. The summed E-state index contributed by atoms with van der Waals surface area (Å²) in [4.78, 5) is 14.1. The van der Waals surface area contributed by atoms with Gasteiger partial charge in [-0.3, -0.25) is 4.98 Å². The van der Waals surface area contributed by atoms with Gasteiger partial charge in [-0.2, -0.15) is 13.2 Å². The van der Waals surface area contributed by atoms with Crippen molar-refractivity contribution in [3.63, 3.8) is 0 Å². The fourth-order valence-electron chi connectivity index (χ4n) is 1.06. The molecule has 1 rings (SSSR count). The van der Waals surface area contributed by atoms with Gasteiger partial charge >= 0.3 is 12.1 Å². The van der Waals surface area contributed by atoms with Crippen molar-refractivity contribution in [2.75, 3.05) is 0 Å². The summed E-state index contributed by atoms with van der Waals surface area (Å²) < 4.78 is 38.0. The van der Waals surface area contributed by atoms with Gasteiger partial charge in [0.15, 0.2) is 0 Å². The number of aromatic nitrogens is 1. The molecular formula is C10H10F3NO2. The Morgan fingerprint density at radius 1 is 1.31 bits per heavy atom. The Labute approximate surface area is 89.9 Å². The van der Waals surface area contributed by atoms with E-state index < -0.39 is 17.6 Å². The van der Waals surface area contributed by atoms with Crippen molar-refractivity contribution in [1.29, 1.82) is 0 Å². The molecular weight excluding hydrogens is 223 g/mol. The largest absolute Gasteiger partial charge is 0.478 e. The monoisotopic (exact) mass is 233 g/mol. The second kappa shape index (κ2) is 3.77. The van der Waals surface area contributed by atoms with Crippen LogP contribution >= 0.6 is 0 Å². The summed E-state index contributed by atoms with van der Waals surface area (Å²) in [5, 5.41) is 8.66. The zero-order valence-corrected chi connectivity index (χ0v) is 8.67. The number of carboxylic acids is 1. The molecule has 0 aliphatic carbocycles. The van der Waals surface area contributed by atoms with Crippen molar-refractivity contribution in [3.05, 3.63) is 29.6 Å². The number of rotatable bonds is 2. The molecule has 0 fully saturated rings. The standard InChI is InChI=1S/C10H10F3NO2/c1-9(2,10(11,12)13)7-3-6(8(15)16)4-14-5-7/h3-5H,1-2H3,(H,15,16). The molecule has 0 unspecified atom stereocenters. The number of carboxylic acid groups (broad SMARTS) is 1. The lowest BCUT2D eigenvalue weighted by Crippen LogP contribution is -2.36. The maximum atomic E-state index is 12.7. The van der Waals surface area contributed by atoms with Crippen molar-refractivity contribution in [2.45, 2.75) is 25.4 Å². The first-order valence-electron chi connectivity index (χ1n) is 4.42. The second-order valence-electron chi connectivity index (χ2n) is 3.89. The quantitative estimate of drug-likeness (QED) is 0.854. The molecule has 6 heteroatoms. The van der Waals surface area contributed by atoms with E-state index in [1.165, 1.54) is 0 Å². The topological polar surface area (TPSA) is 50.2 Å². The maximum Gasteiger partial charge on any atom is 0.397 e. The van der Waals surface area contributed by atoms with Gasteiger partial charge in [-0.25, -0.2) is 4.79 Å². The SMILES string of the molecule is CC(C)(c1cncc(C(=O)O)c1)C(F)(F)F. The minimum atomic E-state index is -4.45. The highest BCUT2D eigenvalue weighted by Gasteiger charge is 2.48. The van der Waals surface area contributed by atoms with Crippen LogP contribution in [0.25, 0.3) is 0 Å². The number of halogens is 3. The molecule has 0 bridgehead atoms. The molecule has 0 aliphatic rings. The molecule has 0 aliphatic heterocycles. The highest BCUT2D eigenvalue weighted by atomic mass is 19.4. The summed E-state index contributed by atoms with van der Waals surface area (Å²) in [6.07, 6.45) is -2.41. The number of aromatic carboxylic acids is 1. The highest BCUT2D eigenvalue weighted by Crippen LogP contribution is 2.40. The lowest BCUT2D eigenvalue weighted by atomic mass is 9.84. The van der Waals surface area contributed by atoms with E-state index in [9.17, 15) is 18.0 Å². The van der Waals surface area contributed by atoms with Crippen LogP contribution in [0, 0.1) is 0 Å². The van der Waals surface area contributed by atoms with E-state index in [1.54, 1.807) is 0 Å². The van der Waals surface area contributed by atoms with Gasteiger partial charge in [0.1, 0.15) is 0 Å². The summed E-state index contributed by atoms with van der Waals surface area (Å²) in [6, 6.07) is 0.989. The van der Waals surface area contributed by atoms with Crippen molar-refractivity contribution >= 4 is 5.97 Å². The number of hydrogen-bond donors (Lipinski definition) is 1. The van der Waals surface area contributed by atoms with Crippen molar-refractivity contribution < 1.29 is 23.1 Å². The zero-order chi connectivity index (χ0) is 12.6. The van der Waals surface area contributed by atoms with Crippen LogP contribution in [0.5, 0.6) is 0 Å². The van der Waals surface area contributed by atoms with Gasteiger partial charge in [-0.15, -0.1) is 0 Å². The van der Waals surface area contributed by atoms with Crippen molar-refractivity contribution in [1.82, 2.24) is 4.98 Å². The Morgan fingerprint density at radius 2 is 1.88 bits per heavy atom. The number of alkyl halides is 3. The third kappa shape index (κ3) is 2.15. The van der Waals surface area contributed by atoms with E-state index >= 15 is 0 Å². The second-order valence-corrected chi connectivity index (χ2v) is 3.89. The number of pyridine rings is 1. The summed E-state index contributed by atoms with van der Waals surface area (Å²) in [7, 11) is 0. The van der Waals surface area contributed by atoms with Crippen molar-refractivity contribution in [2.24, 2.45) is 0 Å². The molecule has 0 aromatic carbocycles. The molecule has 88 valence electrons. The number of nitrogens with zero attached hydrogens (tertiary/aromatic N) is 1. The van der Waals surface area contributed by atoms with E-state index in [0.29, 0.717) is 0 Å². The first-order valence-corrected chi connectivity index (χ1v) is 4.42. The first kappa shape index (κ1) is 12.5. The lowest BCUT2D eigenvalue weighted by molar-refractivity contribution is -0.180. The van der Waals surface area contributed by atoms with Crippen LogP contribution in [-0.2, 0) is 5.41 Å². The van der Waals surface area contributed by atoms with Gasteiger partial charge in [0.2, 0.25) is 0 Å². The fourth-order valence-corrected chi connectivity index (χ4v) is 1.06. The summed E-state index contributed by atoms with van der Waals surface area (Å²) in [5.74, 6) is -1.30. The van der Waals surface area contributed by atoms with Gasteiger partial charge in [-0.05, 0) is 25.5 Å². The molecule has 0 saturated carbocycles. The average molecular weight is 233 g/mol. The molecule has 0 saturated heterocycles. The Hall–Kier alpha value is -1.59. The molecule has 0 atom stereocenters. The Morgan fingerprint density at radius 3 is 2.31 bits per heavy atom. The Balaban J connectivity index is 3.24. The van der Waals surface area contributed by atoms with Gasteiger partial charge in [0.25, 0.3) is 0 Å². The smallest absolute Gasteiger partial charge is 0.397 e. The van der Waals surface area contributed by atoms with E-state index in [-0.39, 0.29) is 11.1 Å². The van der Waals surface area contributed by atoms with Crippen LogP contribution in [0.4, 0.5) is 13.2 Å². The zero-order valence-electron chi connectivity index (χ0n) is 8.67. The summed E-state index contributed by atoms with van der Waals surface area (Å²) >= 11 is 0. The fraction of sp³-hybridized carbons (Fsp3) is 0.400. The van der Waals surface area contributed by atoms with Gasteiger partial charge < -0.3 is 5.11 Å². The van der Waals surface area contributed by atoms with Crippen LogP contribution in [0.2, 0.25) is 0 Å². The van der Waals surface area contributed by atoms with Crippen molar-refractivity contribution in [3.8, 4) is 0 Å². The molecule has 0 amide bonds. The first-order chi connectivity index (χ1) is 7.16. The summed E-state index contributed by atoms with van der Waals surface area (Å²) in [5.41, 5.74) is -2.54. The van der Waals surface area contributed by atoms with E-state index in [2.05, 4.69) is 4.98 Å². The Kier molecular flexibility index (Phi) is 2.94. The van der Waals surface area contributed by atoms with Crippen LogP contribution in [0.15, 0.2) is 18.5 Å². The minimum Gasteiger partial charge on any atom is -0.478 e. The number of hydrogen-bond acceptors (Lipinski definition) is 2. The summed E-state index contributed by atoms with van der Waals surface area (Å²) in [6.45, 7) is 1.96. The van der Waals surface area contributed by atoms with Crippen LogP contribution in [0.3, 0.4) is 0 Å². The predicted molar refractivity (Wildman–Crippen MR) is 50.3 cm³/mol. The Bertz CT molecular complexity index is 413. The predicted octanol–water partition coefficient (Wildman–Crippen LogP) is 2.62.